The van der Waals surface area contributed by atoms with E-state index in [1.807, 2.05) is 35.1 Å². The summed E-state index contributed by atoms with van der Waals surface area (Å²) in [5.74, 6) is 0.848. The van der Waals surface area contributed by atoms with Gasteiger partial charge in [0.2, 0.25) is 0 Å². The quantitative estimate of drug-likeness (QED) is 0.671. The van der Waals surface area contributed by atoms with Gasteiger partial charge in [0.15, 0.2) is 5.65 Å². The van der Waals surface area contributed by atoms with Crippen molar-refractivity contribution in [3.63, 3.8) is 0 Å². The number of fused-ring (bicyclic) bond motifs is 1. The van der Waals surface area contributed by atoms with Gasteiger partial charge in [-0.25, -0.2) is 15.0 Å². The van der Waals surface area contributed by atoms with Gasteiger partial charge in [-0.3, -0.25) is 4.79 Å². The molecule has 0 aliphatic heterocycles. The molecule has 3 heterocycles. The summed E-state index contributed by atoms with van der Waals surface area (Å²) in [7, 11) is 1.94. The summed E-state index contributed by atoms with van der Waals surface area (Å²) < 4.78 is 4.12. The molecule has 1 fully saturated rings. The SMILES string of the molecule is CCCN(Cc1nccn1C)C(=O)c1cnc2c(c1)ncn2C1CCCC1. The molecule has 1 aliphatic carbocycles. The third kappa shape index (κ3) is 3.46. The molecule has 3 aromatic heterocycles. The lowest BCUT2D eigenvalue weighted by Gasteiger charge is -2.22. The molecule has 7 heteroatoms. The topological polar surface area (TPSA) is 68.8 Å². The van der Waals surface area contributed by atoms with Crippen LogP contribution in [-0.4, -0.2) is 41.4 Å². The highest BCUT2D eigenvalue weighted by molar-refractivity contribution is 5.96. The minimum absolute atomic E-state index is 0.0235. The molecule has 4 rings (SSSR count). The van der Waals surface area contributed by atoms with Crippen molar-refractivity contribution in [2.24, 2.45) is 7.05 Å². The van der Waals surface area contributed by atoms with Crippen LogP contribution in [0.3, 0.4) is 0 Å². The normalized spacial score (nSPS) is 14.9. The molecule has 1 saturated carbocycles. The van der Waals surface area contributed by atoms with Crippen molar-refractivity contribution in [3.8, 4) is 0 Å². The molecular weight excluding hydrogens is 340 g/mol. The van der Waals surface area contributed by atoms with E-state index in [4.69, 9.17) is 0 Å². The highest BCUT2D eigenvalue weighted by atomic mass is 16.2. The second kappa shape index (κ2) is 7.50. The monoisotopic (exact) mass is 366 g/mol. The summed E-state index contributed by atoms with van der Waals surface area (Å²) in [6.45, 7) is 3.24. The molecule has 3 aromatic rings. The molecule has 7 nitrogen and oxygen atoms in total. The predicted molar refractivity (Wildman–Crippen MR) is 103 cm³/mol. The Balaban J connectivity index is 1.59. The van der Waals surface area contributed by atoms with Crippen LogP contribution in [0.15, 0.2) is 31.0 Å². The average Bonchev–Trinajstić information content (AvgIpc) is 3.41. The van der Waals surface area contributed by atoms with Gasteiger partial charge in [0.1, 0.15) is 11.3 Å². The molecule has 0 spiro atoms. The zero-order valence-corrected chi connectivity index (χ0v) is 16.0. The van der Waals surface area contributed by atoms with Gasteiger partial charge in [0.05, 0.1) is 18.4 Å². The lowest BCUT2D eigenvalue weighted by atomic mass is 10.2. The predicted octanol–water partition coefficient (Wildman–Crippen LogP) is 3.33. The van der Waals surface area contributed by atoms with E-state index in [9.17, 15) is 4.79 Å². The number of amides is 1. The number of nitrogens with zero attached hydrogens (tertiary/aromatic N) is 6. The molecular formula is C20H26N6O. The molecule has 0 atom stereocenters. The molecule has 0 aromatic carbocycles. The Bertz CT molecular complexity index is 937. The van der Waals surface area contributed by atoms with E-state index in [1.165, 1.54) is 25.7 Å². The fraction of sp³-hybridized carbons (Fsp3) is 0.500. The Morgan fingerprint density at radius 3 is 2.78 bits per heavy atom. The van der Waals surface area contributed by atoms with Crippen LogP contribution in [-0.2, 0) is 13.6 Å². The molecule has 0 unspecified atom stereocenters. The van der Waals surface area contributed by atoms with E-state index in [1.54, 1.807) is 12.4 Å². The first kappa shape index (κ1) is 17.7. The van der Waals surface area contributed by atoms with E-state index in [2.05, 4.69) is 26.4 Å². The van der Waals surface area contributed by atoms with E-state index in [0.717, 1.165) is 23.4 Å². The lowest BCUT2D eigenvalue weighted by Crippen LogP contribution is -2.32. The largest absolute Gasteiger partial charge is 0.337 e. The van der Waals surface area contributed by atoms with Gasteiger partial charge in [-0.05, 0) is 25.3 Å². The third-order valence-electron chi connectivity index (χ3n) is 5.41. The molecule has 142 valence electrons. The minimum atomic E-state index is -0.0235. The van der Waals surface area contributed by atoms with Gasteiger partial charge < -0.3 is 14.0 Å². The summed E-state index contributed by atoms with van der Waals surface area (Å²) in [5.41, 5.74) is 2.26. The minimum Gasteiger partial charge on any atom is -0.337 e. The van der Waals surface area contributed by atoms with Crippen LogP contribution < -0.4 is 0 Å². The third-order valence-corrected chi connectivity index (χ3v) is 5.41. The number of hydrogen-bond donors (Lipinski definition) is 0. The second-order valence-electron chi connectivity index (χ2n) is 7.34. The van der Waals surface area contributed by atoms with E-state index < -0.39 is 0 Å². The highest BCUT2D eigenvalue weighted by Crippen LogP contribution is 2.31. The molecule has 27 heavy (non-hydrogen) atoms. The first-order valence-electron chi connectivity index (χ1n) is 9.75. The van der Waals surface area contributed by atoms with Crippen LogP contribution in [0.4, 0.5) is 0 Å². The van der Waals surface area contributed by atoms with Crippen molar-refractivity contribution >= 4 is 17.1 Å². The van der Waals surface area contributed by atoms with Crippen molar-refractivity contribution in [3.05, 3.63) is 42.4 Å². The van der Waals surface area contributed by atoms with Crippen LogP contribution in [0.1, 0.15) is 61.3 Å². The number of aromatic nitrogens is 5. The number of pyridine rings is 1. The fourth-order valence-corrected chi connectivity index (χ4v) is 3.91. The molecule has 1 aliphatic rings. The van der Waals surface area contributed by atoms with Crippen molar-refractivity contribution in [1.29, 1.82) is 0 Å². The zero-order valence-electron chi connectivity index (χ0n) is 16.0. The molecule has 0 saturated heterocycles. The zero-order chi connectivity index (χ0) is 18.8. The van der Waals surface area contributed by atoms with Gasteiger partial charge in [-0.15, -0.1) is 0 Å². The maximum atomic E-state index is 13.1. The van der Waals surface area contributed by atoms with Crippen LogP contribution in [0.5, 0.6) is 0 Å². The Morgan fingerprint density at radius 1 is 1.26 bits per heavy atom. The Morgan fingerprint density at radius 2 is 2.07 bits per heavy atom. The molecule has 0 bridgehead atoms. The van der Waals surface area contributed by atoms with E-state index in [0.29, 0.717) is 24.7 Å². The molecule has 0 N–H and O–H groups in total. The van der Waals surface area contributed by atoms with Gasteiger partial charge >= 0.3 is 0 Å². The van der Waals surface area contributed by atoms with Gasteiger partial charge in [0, 0.05) is 38.2 Å². The Kier molecular flexibility index (Phi) is 4.92. The van der Waals surface area contributed by atoms with Gasteiger partial charge in [-0.2, -0.15) is 0 Å². The van der Waals surface area contributed by atoms with Crippen LogP contribution in [0.2, 0.25) is 0 Å². The maximum absolute atomic E-state index is 13.1. The average molecular weight is 366 g/mol. The van der Waals surface area contributed by atoms with E-state index in [-0.39, 0.29) is 5.91 Å². The van der Waals surface area contributed by atoms with Gasteiger partial charge in [-0.1, -0.05) is 19.8 Å². The van der Waals surface area contributed by atoms with Crippen LogP contribution in [0.25, 0.3) is 11.2 Å². The number of carbonyl (C=O) groups is 1. The Hall–Kier alpha value is -2.70. The summed E-state index contributed by atoms with van der Waals surface area (Å²) in [6, 6.07) is 2.36. The molecule has 0 radical (unpaired) electrons. The number of hydrogen-bond acceptors (Lipinski definition) is 4. The van der Waals surface area contributed by atoms with Crippen LogP contribution >= 0.6 is 0 Å². The lowest BCUT2D eigenvalue weighted by molar-refractivity contribution is 0.0737. The van der Waals surface area contributed by atoms with Crippen molar-refractivity contribution in [2.75, 3.05) is 6.54 Å². The summed E-state index contributed by atoms with van der Waals surface area (Å²) in [4.78, 5) is 28.4. The highest BCUT2D eigenvalue weighted by Gasteiger charge is 2.22. The number of imidazole rings is 2. The maximum Gasteiger partial charge on any atom is 0.255 e. The fourth-order valence-electron chi connectivity index (χ4n) is 3.91. The standard InChI is InChI=1S/C20H26N6O/c1-3-9-25(13-18-21-8-10-24(18)2)20(27)15-11-17-19(22-12-15)26(14-23-17)16-6-4-5-7-16/h8,10-12,14,16H,3-7,9,13H2,1-2H3. The molecule has 1 amide bonds. The summed E-state index contributed by atoms with van der Waals surface area (Å²) in [6.07, 6.45) is 13.0. The number of aryl methyl sites for hydroxylation is 1. The number of carbonyl (C=O) groups excluding carboxylic acids is 1. The van der Waals surface area contributed by atoms with Gasteiger partial charge in [0.25, 0.3) is 5.91 Å². The Labute approximate surface area is 159 Å². The second-order valence-corrected chi connectivity index (χ2v) is 7.34. The summed E-state index contributed by atoms with van der Waals surface area (Å²) in [5, 5.41) is 0. The smallest absolute Gasteiger partial charge is 0.255 e. The van der Waals surface area contributed by atoms with Crippen LogP contribution in [0, 0.1) is 0 Å². The van der Waals surface area contributed by atoms with Crippen molar-refractivity contribution in [2.45, 2.75) is 51.6 Å². The van der Waals surface area contributed by atoms with E-state index >= 15 is 0 Å². The first-order chi connectivity index (χ1) is 13.2. The van der Waals surface area contributed by atoms with Crippen molar-refractivity contribution < 1.29 is 4.79 Å². The van der Waals surface area contributed by atoms with Crippen molar-refractivity contribution in [1.82, 2.24) is 29.0 Å². The summed E-state index contributed by atoms with van der Waals surface area (Å²) >= 11 is 0. The first-order valence-corrected chi connectivity index (χ1v) is 9.75. The number of rotatable bonds is 6.